The molecule has 6 nitrogen and oxygen atoms in total. The summed E-state index contributed by atoms with van der Waals surface area (Å²) in [6, 6.07) is 3.82. The highest BCUT2D eigenvalue weighted by atomic mass is 16.6. The summed E-state index contributed by atoms with van der Waals surface area (Å²) >= 11 is 0. The van der Waals surface area contributed by atoms with Crippen molar-refractivity contribution in [3.8, 4) is 5.75 Å². The van der Waals surface area contributed by atoms with Gasteiger partial charge in [-0.3, -0.25) is 4.98 Å². The van der Waals surface area contributed by atoms with E-state index in [4.69, 9.17) is 9.47 Å². The SMILES string of the molecule is Cc1cnc(N2CCC[C@@]3(C[C@@H](Oc4cccnc4)CO3)C2)nc1. The Morgan fingerprint density at radius 2 is 2.17 bits per heavy atom. The lowest BCUT2D eigenvalue weighted by atomic mass is 9.89. The third kappa shape index (κ3) is 3.19. The topological polar surface area (TPSA) is 60.4 Å². The van der Waals surface area contributed by atoms with Crippen LogP contribution < -0.4 is 9.64 Å². The lowest BCUT2D eigenvalue weighted by molar-refractivity contribution is -0.00845. The molecule has 0 N–H and O–H groups in total. The molecule has 0 aromatic carbocycles. The molecule has 2 aliphatic rings. The number of nitrogens with zero attached hydrogens (tertiary/aromatic N) is 4. The fraction of sp³-hybridized carbons (Fsp3) is 0.500. The van der Waals surface area contributed by atoms with E-state index in [-0.39, 0.29) is 11.7 Å². The molecule has 24 heavy (non-hydrogen) atoms. The first-order chi connectivity index (χ1) is 11.7. The molecular weight excluding hydrogens is 304 g/mol. The minimum atomic E-state index is -0.153. The van der Waals surface area contributed by atoms with Gasteiger partial charge in [0, 0.05) is 38.1 Å². The normalized spacial score (nSPS) is 26.7. The van der Waals surface area contributed by atoms with Gasteiger partial charge in [0.25, 0.3) is 0 Å². The minimum absolute atomic E-state index is 0.0769. The van der Waals surface area contributed by atoms with E-state index in [9.17, 15) is 0 Å². The summed E-state index contributed by atoms with van der Waals surface area (Å²) in [4.78, 5) is 15.3. The molecule has 6 heteroatoms. The third-order valence-electron chi connectivity index (χ3n) is 4.70. The van der Waals surface area contributed by atoms with Gasteiger partial charge < -0.3 is 14.4 Å². The monoisotopic (exact) mass is 326 g/mol. The summed E-state index contributed by atoms with van der Waals surface area (Å²) in [6.07, 6.45) is 10.3. The van der Waals surface area contributed by atoms with Crippen LogP contribution in [0.15, 0.2) is 36.9 Å². The zero-order valence-corrected chi connectivity index (χ0v) is 13.9. The molecule has 0 unspecified atom stereocenters. The fourth-order valence-corrected chi connectivity index (χ4v) is 3.59. The highest BCUT2D eigenvalue weighted by Crippen LogP contribution is 2.36. The van der Waals surface area contributed by atoms with Crippen LogP contribution in [0, 0.1) is 6.92 Å². The molecule has 4 heterocycles. The first-order valence-electron chi connectivity index (χ1n) is 8.47. The van der Waals surface area contributed by atoms with Crippen molar-refractivity contribution >= 4 is 5.95 Å². The molecule has 0 aliphatic carbocycles. The molecule has 0 amide bonds. The molecule has 0 saturated carbocycles. The molecule has 2 aromatic heterocycles. The van der Waals surface area contributed by atoms with Gasteiger partial charge in [0.05, 0.1) is 18.4 Å². The number of anilines is 1. The smallest absolute Gasteiger partial charge is 0.225 e. The van der Waals surface area contributed by atoms with Gasteiger partial charge in [-0.05, 0) is 37.5 Å². The summed E-state index contributed by atoms with van der Waals surface area (Å²) in [7, 11) is 0. The fourth-order valence-electron chi connectivity index (χ4n) is 3.59. The standard InChI is InChI=1S/C18H22N4O2/c1-14-9-20-17(21-10-14)22-7-3-5-18(13-22)8-16(12-23-18)24-15-4-2-6-19-11-15/h2,4,6,9-11,16H,3,5,7-8,12-13H2,1H3/t16-,18-/m1/s1. The third-order valence-corrected chi connectivity index (χ3v) is 4.70. The van der Waals surface area contributed by atoms with Crippen LogP contribution in [-0.2, 0) is 4.74 Å². The van der Waals surface area contributed by atoms with Gasteiger partial charge in [-0.25, -0.2) is 9.97 Å². The minimum Gasteiger partial charge on any atom is -0.486 e. The maximum atomic E-state index is 6.20. The van der Waals surface area contributed by atoms with Crippen molar-refractivity contribution in [1.82, 2.24) is 15.0 Å². The summed E-state index contributed by atoms with van der Waals surface area (Å²) in [6.45, 7) is 4.42. The Balaban J connectivity index is 1.43. The van der Waals surface area contributed by atoms with Crippen molar-refractivity contribution in [3.05, 3.63) is 42.5 Å². The van der Waals surface area contributed by atoms with Crippen LogP contribution >= 0.6 is 0 Å². The Labute approximate surface area is 141 Å². The van der Waals surface area contributed by atoms with Gasteiger partial charge in [0.2, 0.25) is 5.95 Å². The molecule has 1 spiro atoms. The molecule has 4 rings (SSSR count). The molecule has 2 saturated heterocycles. The molecular formula is C18H22N4O2. The lowest BCUT2D eigenvalue weighted by Gasteiger charge is -2.39. The number of hydrogen-bond acceptors (Lipinski definition) is 6. The predicted molar refractivity (Wildman–Crippen MR) is 90.2 cm³/mol. The van der Waals surface area contributed by atoms with Crippen molar-refractivity contribution in [2.75, 3.05) is 24.6 Å². The number of aromatic nitrogens is 3. The van der Waals surface area contributed by atoms with Gasteiger partial charge in [-0.15, -0.1) is 0 Å². The second-order valence-electron chi connectivity index (χ2n) is 6.71. The molecule has 2 atom stereocenters. The first-order valence-corrected chi connectivity index (χ1v) is 8.47. The highest BCUT2D eigenvalue weighted by Gasteiger charge is 2.45. The molecule has 2 aliphatic heterocycles. The maximum absolute atomic E-state index is 6.20. The van der Waals surface area contributed by atoms with Crippen molar-refractivity contribution in [3.63, 3.8) is 0 Å². The molecule has 126 valence electrons. The predicted octanol–water partition coefficient (Wildman–Crippen LogP) is 2.39. The first kappa shape index (κ1) is 15.3. The van der Waals surface area contributed by atoms with Gasteiger partial charge >= 0.3 is 0 Å². The highest BCUT2D eigenvalue weighted by molar-refractivity contribution is 5.32. The Hall–Kier alpha value is -2.21. The van der Waals surface area contributed by atoms with E-state index in [1.165, 1.54) is 0 Å². The van der Waals surface area contributed by atoms with Crippen LogP contribution in [0.25, 0.3) is 0 Å². The van der Waals surface area contributed by atoms with Crippen LogP contribution in [0.2, 0.25) is 0 Å². The van der Waals surface area contributed by atoms with Gasteiger partial charge in [-0.1, -0.05) is 0 Å². The van der Waals surface area contributed by atoms with Gasteiger partial charge in [-0.2, -0.15) is 0 Å². The van der Waals surface area contributed by atoms with E-state index >= 15 is 0 Å². The van der Waals surface area contributed by atoms with Crippen molar-refractivity contribution < 1.29 is 9.47 Å². The Bertz CT molecular complexity index is 679. The zero-order chi connectivity index (χ0) is 16.4. The average molecular weight is 326 g/mol. The Morgan fingerprint density at radius 3 is 2.96 bits per heavy atom. The largest absolute Gasteiger partial charge is 0.486 e. The molecule has 2 aromatic rings. The van der Waals surface area contributed by atoms with Crippen molar-refractivity contribution in [1.29, 1.82) is 0 Å². The van der Waals surface area contributed by atoms with E-state index in [1.54, 1.807) is 12.4 Å². The van der Waals surface area contributed by atoms with Crippen LogP contribution in [0.3, 0.4) is 0 Å². The molecule has 0 radical (unpaired) electrons. The van der Waals surface area contributed by atoms with Crippen molar-refractivity contribution in [2.45, 2.75) is 37.9 Å². The second kappa shape index (κ2) is 6.36. The number of hydrogen-bond donors (Lipinski definition) is 0. The molecule has 2 fully saturated rings. The van der Waals surface area contributed by atoms with E-state index in [0.29, 0.717) is 6.61 Å². The number of pyridine rings is 1. The Morgan fingerprint density at radius 1 is 1.29 bits per heavy atom. The number of rotatable bonds is 3. The van der Waals surface area contributed by atoms with E-state index in [1.807, 2.05) is 31.5 Å². The summed E-state index contributed by atoms with van der Waals surface area (Å²) in [5.74, 6) is 1.59. The van der Waals surface area contributed by atoms with Crippen molar-refractivity contribution in [2.24, 2.45) is 0 Å². The van der Waals surface area contributed by atoms with E-state index in [0.717, 1.165) is 49.6 Å². The average Bonchev–Trinajstić information content (AvgIpc) is 2.98. The van der Waals surface area contributed by atoms with Gasteiger partial charge in [0.1, 0.15) is 11.9 Å². The zero-order valence-electron chi connectivity index (χ0n) is 13.9. The Kier molecular flexibility index (Phi) is 4.06. The van der Waals surface area contributed by atoms with E-state index < -0.39 is 0 Å². The van der Waals surface area contributed by atoms with Crippen LogP contribution in [0.1, 0.15) is 24.8 Å². The number of ether oxygens (including phenoxy) is 2. The van der Waals surface area contributed by atoms with E-state index in [2.05, 4.69) is 19.9 Å². The number of piperidine rings is 1. The molecule has 0 bridgehead atoms. The quantitative estimate of drug-likeness (QED) is 0.863. The lowest BCUT2D eigenvalue weighted by Crippen LogP contribution is -2.48. The summed E-state index contributed by atoms with van der Waals surface area (Å²) in [5, 5.41) is 0. The van der Waals surface area contributed by atoms with Crippen LogP contribution in [0.4, 0.5) is 5.95 Å². The number of aryl methyl sites for hydroxylation is 1. The summed E-state index contributed by atoms with van der Waals surface area (Å²) in [5.41, 5.74) is 0.923. The van der Waals surface area contributed by atoms with Gasteiger partial charge in [0.15, 0.2) is 0 Å². The second-order valence-corrected chi connectivity index (χ2v) is 6.71. The van der Waals surface area contributed by atoms with Crippen LogP contribution in [-0.4, -0.2) is 46.4 Å². The summed E-state index contributed by atoms with van der Waals surface area (Å²) < 4.78 is 12.2. The van der Waals surface area contributed by atoms with Crippen LogP contribution in [0.5, 0.6) is 5.75 Å². The maximum Gasteiger partial charge on any atom is 0.225 e.